The van der Waals surface area contributed by atoms with Crippen LogP contribution in [0.5, 0.6) is 0 Å². The Bertz CT molecular complexity index is 313. The predicted octanol–water partition coefficient (Wildman–Crippen LogP) is 3.97. The van der Waals surface area contributed by atoms with Crippen molar-refractivity contribution in [3.05, 3.63) is 23.3 Å². The quantitative estimate of drug-likeness (QED) is 0.531. The minimum absolute atomic E-state index is 0. The summed E-state index contributed by atoms with van der Waals surface area (Å²) in [6.07, 6.45) is 16.8. The van der Waals surface area contributed by atoms with Crippen molar-refractivity contribution in [1.82, 2.24) is 0 Å². The average Bonchev–Trinajstić information content (AvgIpc) is 2.62. The van der Waals surface area contributed by atoms with Gasteiger partial charge < -0.3 is 0 Å². The van der Waals surface area contributed by atoms with Gasteiger partial charge in [0.05, 0.1) is 0 Å². The van der Waals surface area contributed by atoms with Crippen LogP contribution in [0.15, 0.2) is 23.3 Å². The fraction of sp³-hybridized carbons (Fsp3) is 0.733. The van der Waals surface area contributed by atoms with Crippen LogP contribution in [0.1, 0.15) is 58.3 Å². The molecule has 0 heterocycles. The first-order valence-corrected chi connectivity index (χ1v) is 6.71. The summed E-state index contributed by atoms with van der Waals surface area (Å²) in [5.74, 6) is 0.830. The van der Waals surface area contributed by atoms with E-state index < -0.39 is 0 Å². The van der Waals surface area contributed by atoms with Gasteiger partial charge in [0, 0.05) is 0 Å². The molecule has 3 rings (SSSR count). The Morgan fingerprint density at radius 2 is 1.75 bits per heavy atom. The Morgan fingerprint density at radius 3 is 2.50 bits per heavy atom. The Balaban J connectivity index is 0.000000963. The van der Waals surface area contributed by atoms with Crippen molar-refractivity contribution in [3.63, 3.8) is 0 Å². The van der Waals surface area contributed by atoms with E-state index in [-0.39, 0.29) is 18.9 Å². The third-order valence-corrected chi connectivity index (χ3v) is 4.84. The molecule has 84 valence electrons. The third-order valence-electron chi connectivity index (χ3n) is 4.84. The van der Waals surface area contributed by atoms with Gasteiger partial charge in [-0.05, 0) is 43.9 Å². The summed E-state index contributed by atoms with van der Waals surface area (Å²) in [5, 5.41) is 0. The maximum absolute atomic E-state index is 2.52. The molecule has 0 radical (unpaired) electrons. The summed E-state index contributed by atoms with van der Waals surface area (Å²) in [6, 6.07) is 0. The first-order chi connectivity index (χ1) is 7.30. The van der Waals surface area contributed by atoms with Crippen LogP contribution in [0.3, 0.4) is 0 Å². The Labute approximate surface area is 112 Å². The SMILES string of the molecule is CC1=CC2CCCC3(CCCCC3)C2=C1.[LiH]. The minimum atomic E-state index is 0. The van der Waals surface area contributed by atoms with E-state index in [9.17, 15) is 0 Å². The molecule has 3 aliphatic rings. The summed E-state index contributed by atoms with van der Waals surface area (Å²) in [7, 11) is 0. The summed E-state index contributed by atoms with van der Waals surface area (Å²) in [5.41, 5.74) is 4.00. The first kappa shape index (κ1) is 12.5. The number of hydrogen-bond donors (Lipinski definition) is 0. The van der Waals surface area contributed by atoms with Crippen LogP contribution in [0.4, 0.5) is 0 Å². The van der Waals surface area contributed by atoms with Crippen molar-refractivity contribution in [2.45, 2.75) is 58.3 Å². The molecule has 0 nitrogen and oxygen atoms in total. The van der Waals surface area contributed by atoms with Crippen LogP contribution in [0.2, 0.25) is 0 Å². The molecule has 16 heavy (non-hydrogen) atoms. The van der Waals surface area contributed by atoms with Gasteiger partial charge in [-0.2, -0.15) is 0 Å². The standard InChI is InChI=1S/C15H22.Li.H/c1-12-10-13-6-5-9-15(14(13)11-12)7-3-2-4-8-15;;/h10-11,13H,2-9H2,1H3;;. The zero-order valence-corrected chi connectivity index (χ0v) is 9.89. The second kappa shape index (κ2) is 4.75. The fourth-order valence-corrected chi connectivity index (χ4v) is 4.16. The van der Waals surface area contributed by atoms with Crippen molar-refractivity contribution in [2.75, 3.05) is 0 Å². The van der Waals surface area contributed by atoms with Crippen LogP contribution in [0, 0.1) is 11.3 Å². The Morgan fingerprint density at radius 1 is 1.06 bits per heavy atom. The van der Waals surface area contributed by atoms with E-state index in [0.29, 0.717) is 5.41 Å². The van der Waals surface area contributed by atoms with E-state index >= 15 is 0 Å². The molecule has 0 aromatic heterocycles. The van der Waals surface area contributed by atoms with Gasteiger partial charge >= 0.3 is 18.9 Å². The van der Waals surface area contributed by atoms with E-state index in [4.69, 9.17) is 0 Å². The summed E-state index contributed by atoms with van der Waals surface area (Å²) in [6.45, 7) is 2.28. The molecule has 0 aromatic carbocycles. The van der Waals surface area contributed by atoms with Crippen LogP contribution < -0.4 is 0 Å². The molecule has 1 spiro atoms. The molecule has 0 aliphatic heterocycles. The number of fused-ring (bicyclic) bond motifs is 2. The molecule has 1 unspecified atom stereocenters. The zero-order chi connectivity index (χ0) is 10.3. The van der Waals surface area contributed by atoms with Crippen LogP contribution in [-0.4, -0.2) is 18.9 Å². The molecule has 0 aromatic rings. The van der Waals surface area contributed by atoms with Crippen molar-refractivity contribution in [1.29, 1.82) is 0 Å². The van der Waals surface area contributed by atoms with Gasteiger partial charge in [0.25, 0.3) is 0 Å². The van der Waals surface area contributed by atoms with Crippen LogP contribution in [0.25, 0.3) is 0 Å². The van der Waals surface area contributed by atoms with Crippen molar-refractivity contribution >= 4 is 18.9 Å². The third kappa shape index (κ3) is 1.96. The summed E-state index contributed by atoms with van der Waals surface area (Å²) < 4.78 is 0. The predicted molar refractivity (Wildman–Crippen MR) is 71.8 cm³/mol. The maximum atomic E-state index is 2.52. The molecule has 2 fully saturated rings. The van der Waals surface area contributed by atoms with Gasteiger partial charge in [-0.1, -0.05) is 49.0 Å². The number of rotatable bonds is 0. The Kier molecular flexibility index (Phi) is 3.72. The van der Waals surface area contributed by atoms with E-state index in [1.54, 1.807) is 0 Å². The van der Waals surface area contributed by atoms with Crippen LogP contribution >= 0.6 is 0 Å². The molecule has 2 saturated carbocycles. The van der Waals surface area contributed by atoms with E-state index in [0.717, 1.165) is 5.92 Å². The van der Waals surface area contributed by atoms with Gasteiger partial charge in [0.2, 0.25) is 0 Å². The van der Waals surface area contributed by atoms with Gasteiger partial charge in [0.15, 0.2) is 0 Å². The molecule has 0 bridgehead atoms. The fourth-order valence-electron chi connectivity index (χ4n) is 4.16. The van der Waals surface area contributed by atoms with Crippen molar-refractivity contribution < 1.29 is 0 Å². The molecular weight excluding hydrogens is 187 g/mol. The van der Waals surface area contributed by atoms with Gasteiger partial charge in [-0.3, -0.25) is 0 Å². The average molecular weight is 210 g/mol. The monoisotopic (exact) mass is 210 g/mol. The van der Waals surface area contributed by atoms with Gasteiger partial charge in [-0.25, -0.2) is 0 Å². The zero-order valence-electron chi connectivity index (χ0n) is 9.89. The Hall–Kier alpha value is 0.0774. The molecule has 3 aliphatic carbocycles. The van der Waals surface area contributed by atoms with E-state index in [2.05, 4.69) is 19.1 Å². The molecule has 1 atom stereocenters. The normalized spacial score (nSPS) is 31.4. The molecule has 0 amide bonds. The van der Waals surface area contributed by atoms with Gasteiger partial charge in [-0.15, -0.1) is 0 Å². The second-order valence-electron chi connectivity index (χ2n) is 5.85. The second-order valence-corrected chi connectivity index (χ2v) is 5.85. The molecular formula is C15H23Li. The first-order valence-electron chi connectivity index (χ1n) is 6.71. The number of allylic oxidation sites excluding steroid dienone is 4. The summed E-state index contributed by atoms with van der Waals surface area (Å²) in [4.78, 5) is 0. The van der Waals surface area contributed by atoms with Crippen molar-refractivity contribution in [3.8, 4) is 0 Å². The summed E-state index contributed by atoms with van der Waals surface area (Å²) >= 11 is 0. The van der Waals surface area contributed by atoms with Crippen molar-refractivity contribution in [2.24, 2.45) is 11.3 Å². The van der Waals surface area contributed by atoms with Gasteiger partial charge in [0.1, 0.15) is 0 Å². The van der Waals surface area contributed by atoms with Crippen LogP contribution in [-0.2, 0) is 0 Å². The topological polar surface area (TPSA) is 0 Å². The molecule has 1 heteroatoms. The molecule has 0 N–H and O–H groups in total. The van der Waals surface area contributed by atoms with E-state index in [1.165, 1.54) is 56.9 Å². The van der Waals surface area contributed by atoms with E-state index in [1.807, 2.05) is 5.57 Å². The molecule has 0 saturated heterocycles. The number of hydrogen-bond acceptors (Lipinski definition) is 0.